The molecule has 0 heterocycles. The Morgan fingerprint density at radius 1 is 1.32 bits per heavy atom. The van der Waals surface area contributed by atoms with Crippen molar-refractivity contribution in [2.75, 3.05) is 6.61 Å². The maximum atomic E-state index is 10.9. The molecule has 0 aromatic heterocycles. The summed E-state index contributed by atoms with van der Waals surface area (Å²) in [4.78, 5) is 10.9. The average Bonchev–Trinajstić information content (AvgIpc) is 2.35. The topological polar surface area (TPSA) is 66.8 Å². The molecule has 1 aromatic carbocycles. The number of hydrogen-bond acceptors (Lipinski definition) is 3. The molecule has 0 aliphatic heterocycles. The van der Waals surface area contributed by atoms with E-state index in [2.05, 4.69) is 0 Å². The van der Waals surface area contributed by atoms with Crippen molar-refractivity contribution >= 4 is 5.97 Å². The zero-order valence-corrected chi connectivity index (χ0v) is 11.7. The third-order valence-corrected chi connectivity index (χ3v) is 2.95. The van der Waals surface area contributed by atoms with E-state index in [9.17, 15) is 9.90 Å². The van der Waals surface area contributed by atoms with E-state index >= 15 is 0 Å². The van der Waals surface area contributed by atoms with Crippen molar-refractivity contribution < 1.29 is 19.7 Å². The van der Waals surface area contributed by atoms with Crippen LogP contribution in [0.25, 0.3) is 0 Å². The first kappa shape index (κ1) is 15.5. The maximum absolute atomic E-state index is 10.9. The predicted molar refractivity (Wildman–Crippen MR) is 73.4 cm³/mol. The number of carboxylic acids is 1. The van der Waals surface area contributed by atoms with Crippen molar-refractivity contribution in [1.82, 2.24) is 0 Å². The van der Waals surface area contributed by atoms with E-state index in [1.807, 2.05) is 24.3 Å². The second-order valence-electron chi connectivity index (χ2n) is 5.51. The van der Waals surface area contributed by atoms with Gasteiger partial charge >= 0.3 is 5.97 Å². The van der Waals surface area contributed by atoms with Gasteiger partial charge in [-0.3, -0.25) is 4.79 Å². The van der Waals surface area contributed by atoms with Gasteiger partial charge in [0, 0.05) is 0 Å². The highest BCUT2D eigenvalue weighted by Crippen LogP contribution is 2.19. The van der Waals surface area contributed by atoms with Crippen LogP contribution in [0.15, 0.2) is 24.3 Å². The Bertz CT molecular complexity index is 407. The molecule has 0 aliphatic rings. The molecule has 19 heavy (non-hydrogen) atoms. The molecule has 2 N–H and O–H groups in total. The molecule has 0 radical (unpaired) electrons. The lowest BCUT2D eigenvalue weighted by Gasteiger charge is -2.19. The van der Waals surface area contributed by atoms with E-state index in [1.165, 1.54) is 0 Å². The summed E-state index contributed by atoms with van der Waals surface area (Å²) in [6.45, 7) is 5.17. The number of aliphatic hydroxyl groups is 1. The molecule has 0 bridgehead atoms. The smallest absolute Gasteiger partial charge is 0.312 e. The highest BCUT2D eigenvalue weighted by molar-refractivity contribution is 5.73. The third kappa shape index (κ3) is 5.30. The Morgan fingerprint density at radius 3 is 2.37 bits per heavy atom. The molecule has 1 aromatic rings. The van der Waals surface area contributed by atoms with Crippen LogP contribution >= 0.6 is 0 Å². The molecule has 4 heteroatoms. The number of carbonyl (C=O) groups is 1. The van der Waals surface area contributed by atoms with E-state index in [-0.39, 0.29) is 12.7 Å². The summed E-state index contributed by atoms with van der Waals surface area (Å²) in [6, 6.07) is 7.53. The lowest BCUT2D eigenvalue weighted by molar-refractivity contribution is -0.148. The minimum Gasteiger partial charge on any atom is -0.492 e. The summed E-state index contributed by atoms with van der Waals surface area (Å²) < 4.78 is 5.48. The van der Waals surface area contributed by atoms with E-state index in [0.717, 1.165) is 18.4 Å². The molecule has 1 atom stereocenters. The van der Waals surface area contributed by atoms with Crippen molar-refractivity contribution in [3.05, 3.63) is 29.8 Å². The van der Waals surface area contributed by atoms with Crippen LogP contribution in [0.1, 0.15) is 32.8 Å². The van der Waals surface area contributed by atoms with Gasteiger partial charge in [0.05, 0.1) is 11.5 Å². The van der Waals surface area contributed by atoms with Crippen LogP contribution < -0.4 is 4.74 Å². The second-order valence-corrected chi connectivity index (χ2v) is 5.51. The minimum atomic E-state index is -0.898. The van der Waals surface area contributed by atoms with E-state index < -0.39 is 11.4 Å². The van der Waals surface area contributed by atoms with Gasteiger partial charge in [0.15, 0.2) is 0 Å². The van der Waals surface area contributed by atoms with Crippen LogP contribution in [0.5, 0.6) is 5.75 Å². The third-order valence-electron chi connectivity index (χ3n) is 2.95. The molecule has 0 amide bonds. The standard InChI is InChI=1S/C15H22O4/c1-11(16)4-5-12-6-8-13(9-7-12)19-10-15(2,3)14(17)18/h6-9,11,16H,4-5,10H2,1-3H3,(H,17,18). The zero-order chi connectivity index (χ0) is 14.5. The van der Waals surface area contributed by atoms with Gasteiger partial charge in [-0.1, -0.05) is 12.1 Å². The summed E-state index contributed by atoms with van der Waals surface area (Å²) in [5.74, 6) is -0.212. The van der Waals surface area contributed by atoms with Crippen LogP contribution in [0.2, 0.25) is 0 Å². The lowest BCUT2D eigenvalue weighted by Crippen LogP contribution is -2.30. The number of ether oxygens (including phenoxy) is 1. The van der Waals surface area contributed by atoms with Crippen molar-refractivity contribution in [3.8, 4) is 5.75 Å². The van der Waals surface area contributed by atoms with E-state index in [4.69, 9.17) is 9.84 Å². The van der Waals surface area contributed by atoms with Gasteiger partial charge in [-0.05, 0) is 51.3 Å². The second kappa shape index (κ2) is 6.57. The minimum absolute atomic E-state index is 0.134. The number of benzene rings is 1. The van der Waals surface area contributed by atoms with Crippen molar-refractivity contribution in [1.29, 1.82) is 0 Å². The summed E-state index contributed by atoms with van der Waals surface area (Å²) in [5.41, 5.74) is 0.232. The molecular weight excluding hydrogens is 244 g/mol. The lowest BCUT2D eigenvalue weighted by atomic mass is 9.95. The first-order chi connectivity index (χ1) is 8.81. The Kier molecular flexibility index (Phi) is 5.36. The number of aryl methyl sites for hydroxylation is 1. The molecule has 0 saturated carbocycles. The van der Waals surface area contributed by atoms with Gasteiger partial charge in [-0.15, -0.1) is 0 Å². The molecule has 1 unspecified atom stereocenters. The van der Waals surface area contributed by atoms with Gasteiger partial charge in [0.1, 0.15) is 12.4 Å². The summed E-state index contributed by atoms with van der Waals surface area (Å²) in [5, 5.41) is 18.2. The number of carboxylic acid groups (broad SMARTS) is 1. The van der Waals surface area contributed by atoms with Gasteiger partial charge in [-0.2, -0.15) is 0 Å². The van der Waals surface area contributed by atoms with Crippen LogP contribution in [0.3, 0.4) is 0 Å². The normalized spacial score (nSPS) is 13.1. The van der Waals surface area contributed by atoms with Crippen LogP contribution in [-0.2, 0) is 11.2 Å². The number of aliphatic hydroxyl groups excluding tert-OH is 1. The molecule has 0 aliphatic carbocycles. The number of rotatable bonds is 7. The van der Waals surface area contributed by atoms with Gasteiger partial charge in [0.2, 0.25) is 0 Å². The number of aliphatic carboxylic acids is 1. The van der Waals surface area contributed by atoms with Gasteiger partial charge in [-0.25, -0.2) is 0 Å². The quantitative estimate of drug-likeness (QED) is 0.795. The highest BCUT2D eigenvalue weighted by Gasteiger charge is 2.28. The van der Waals surface area contributed by atoms with Crippen LogP contribution in [-0.4, -0.2) is 28.9 Å². The summed E-state index contributed by atoms with van der Waals surface area (Å²) in [7, 11) is 0. The molecule has 0 spiro atoms. The maximum Gasteiger partial charge on any atom is 0.312 e. The molecule has 1 rings (SSSR count). The van der Waals surface area contributed by atoms with Crippen molar-refractivity contribution in [2.24, 2.45) is 5.41 Å². The average molecular weight is 266 g/mol. The largest absolute Gasteiger partial charge is 0.492 e. The molecule has 106 valence electrons. The summed E-state index contributed by atoms with van der Waals surface area (Å²) in [6.07, 6.45) is 1.25. The first-order valence-corrected chi connectivity index (χ1v) is 6.44. The fourth-order valence-corrected chi connectivity index (χ4v) is 1.45. The van der Waals surface area contributed by atoms with Crippen LogP contribution in [0, 0.1) is 5.41 Å². The Hall–Kier alpha value is -1.55. The molecule has 0 saturated heterocycles. The highest BCUT2D eigenvalue weighted by atomic mass is 16.5. The number of hydrogen-bond donors (Lipinski definition) is 2. The predicted octanol–water partition coefficient (Wildman–Crippen LogP) is 2.49. The first-order valence-electron chi connectivity index (χ1n) is 6.44. The zero-order valence-electron chi connectivity index (χ0n) is 11.7. The molecular formula is C15H22O4. The van der Waals surface area contributed by atoms with Crippen molar-refractivity contribution in [2.45, 2.75) is 39.7 Å². The SMILES string of the molecule is CC(O)CCc1ccc(OCC(C)(C)C(=O)O)cc1. The fraction of sp³-hybridized carbons (Fsp3) is 0.533. The fourth-order valence-electron chi connectivity index (χ4n) is 1.45. The molecule has 4 nitrogen and oxygen atoms in total. The van der Waals surface area contributed by atoms with Gasteiger partial charge < -0.3 is 14.9 Å². The van der Waals surface area contributed by atoms with Crippen molar-refractivity contribution in [3.63, 3.8) is 0 Å². The van der Waals surface area contributed by atoms with E-state index in [1.54, 1.807) is 20.8 Å². The van der Waals surface area contributed by atoms with E-state index in [0.29, 0.717) is 5.75 Å². The molecule has 0 fully saturated rings. The Balaban J connectivity index is 2.51. The Morgan fingerprint density at radius 2 is 1.89 bits per heavy atom. The summed E-state index contributed by atoms with van der Waals surface area (Å²) >= 11 is 0. The Labute approximate surface area is 114 Å². The van der Waals surface area contributed by atoms with Crippen LogP contribution in [0.4, 0.5) is 0 Å². The van der Waals surface area contributed by atoms with Gasteiger partial charge in [0.25, 0.3) is 0 Å². The monoisotopic (exact) mass is 266 g/mol.